The molecule has 0 radical (unpaired) electrons. The number of rotatable bonds is 2. The van der Waals surface area contributed by atoms with Gasteiger partial charge in [-0.3, -0.25) is 0 Å². The molecule has 0 saturated carbocycles. The van der Waals surface area contributed by atoms with Gasteiger partial charge < -0.3 is 4.90 Å². The van der Waals surface area contributed by atoms with Gasteiger partial charge in [-0.15, -0.1) is 0 Å². The van der Waals surface area contributed by atoms with Crippen molar-refractivity contribution in [2.24, 2.45) is 0 Å². The van der Waals surface area contributed by atoms with E-state index in [-0.39, 0.29) is 5.28 Å². The van der Waals surface area contributed by atoms with Crippen LogP contribution in [0.2, 0.25) is 10.3 Å². The summed E-state index contributed by atoms with van der Waals surface area (Å²) in [5.41, 5.74) is 1.53. The fourth-order valence-corrected chi connectivity index (χ4v) is 2.57. The lowest BCUT2D eigenvalue weighted by Crippen LogP contribution is -2.22. The zero-order valence-corrected chi connectivity index (χ0v) is 12.8. The van der Waals surface area contributed by atoms with Crippen LogP contribution in [0, 0.1) is 13.8 Å². The Hall–Kier alpha value is -1.40. The zero-order valence-electron chi connectivity index (χ0n) is 11.3. The van der Waals surface area contributed by atoms with E-state index in [0.29, 0.717) is 16.9 Å². The van der Waals surface area contributed by atoms with E-state index in [2.05, 4.69) is 25.0 Å². The monoisotopic (exact) mass is 312 g/mol. The topological polar surface area (TPSA) is 59.7 Å². The maximum absolute atomic E-state index is 6.16. The Labute approximate surface area is 126 Å². The van der Waals surface area contributed by atoms with Crippen molar-refractivity contribution in [3.8, 4) is 5.95 Å². The number of hydrogen-bond donors (Lipinski definition) is 0. The fraction of sp³-hybridized carbons (Fsp3) is 0.500. The zero-order chi connectivity index (χ0) is 14.3. The molecule has 1 fully saturated rings. The highest BCUT2D eigenvalue weighted by Crippen LogP contribution is 2.23. The van der Waals surface area contributed by atoms with Gasteiger partial charge in [0.2, 0.25) is 11.2 Å². The SMILES string of the molecule is Cc1nn(-c2nc(Cl)nc(N3CCCC3)n2)c(C)c1Cl. The van der Waals surface area contributed by atoms with E-state index < -0.39 is 0 Å². The number of hydrogen-bond acceptors (Lipinski definition) is 5. The second-order valence-electron chi connectivity index (χ2n) is 4.80. The molecule has 20 heavy (non-hydrogen) atoms. The first-order valence-corrected chi connectivity index (χ1v) is 7.20. The van der Waals surface area contributed by atoms with Gasteiger partial charge in [0.15, 0.2) is 0 Å². The lowest BCUT2D eigenvalue weighted by molar-refractivity contribution is 0.753. The van der Waals surface area contributed by atoms with Crippen molar-refractivity contribution in [2.45, 2.75) is 26.7 Å². The molecule has 1 saturated heterocycles. The molecule has 6 nitrogen and oxygen atoms in total. The van der Waals surface area contributed by atoms with Crippen LogP contribution in [-0.2, 0) is 0 Å². The third-order valence-corrected chi connectivity index (χ3v) is 4.08. The van der Waals surface area contributed by atoms with Gasteiger partial charge in [0, 0.05) is 13.1 Å². The average Bonchev–Trinajstić information content (AvgIpc) is 3.03. The molecular formula is C12H14Cl2N6. The van der Waals surface area contributed by atoms with Gasteiger partial charge in [0.25, 0.3) is 5.95 Å². The van der Waals surface area contributed by atoms with Crippen LogP contribution in [0.5, 0.6) is 0 Å². The third kappa shape index (κ3) is 2.33. The van der Waals surface area contributed by atoms with Gasteiger partial charge in [-0.05, 0) is 38.3 Å². The van der Waals surface area contributed by atoms with Gasteiger partial charge in [-0.1, -0.05) is 11.6 Å². The summed E-state index contributed by atoms with van der Waals surface area (Å²) in [5, 5.41) is 5.13. The molecule has 0 atom stereocenters. The van der Waals surface area contributed by atoms with Crippen molar-refractivity contribution in [3.63, 3.8) is 0 Å². The first kappa shape index (κ1) is 13.6. The summed E-state index contributed by atoms with van der Waals surface area (Å²) in [6, 6.07) is 0. The van der Waals surface area contributed by atoms with Gasteiger partial charge in [0.05, 0.1) is 16.4 Å². The summed E-state index contributed by atoms with van der Waals surface area (Å²) in [6.07, 6.45) is 2.29. The highest BCUT2D eigenvalue weighted by Gasteiger charge is 2.19. The number of anilines is 1. The standard InChI is InChI=1S/C12H14Cl2N6/c1-7-9(13)8(2)20(18-7)12-16-10(14)15-11(17-12)19-5-3-4-6-19/h3-6H2,1-2H3. The molecule has 106 valence electrons. The summed E-state index contributed by atoms with van der Waals surface area (Å²) >= 11 is 12.2. The summed E-state index contributed by atoms with van der Waals surface area (Å²) in [5.74, 6) is 1.00. The van der Waals surface area contributed by atoms with E-state index in [0.717, 1.165) is 37.3 Å². The average molecular weight is 313 g/mol. The third-order valence-electron chi connectivity index (χ3n) is 3.37. The van der Waals surface area contributed by atoms with E-state index in [1.807, 2.05) is 13.8 Å². The second kappa shape index (κ2) is 5.18. The van der Waals surface area contributed by atoms with Gasteiger partial charge in [-0.2, -0.15) is 20.1 Å². The molecule has 0 unspecified atom stereocenters. The number of aromatic nitrogens is 5. The summed E-state index contributed by atoms with van der Waals surface area (Å²) in [6.45, 7) is 5.60. The molecule has 8 heteroatoms. The smallest absolute Gasteiger partial charge is 0.256 e. The Bertz CT molecular complexity index is 648. The maximum Gasteiger partial charge on any atom is 0.256 e. The van der Waals surface area contributed by atoms with Crippen LogP contribution in [0.25, 0.3) is 5.95 Å². The highest BCUT2D eigenvalue weighted by atomic mass is 35.5. The minimum atomic E-state index is 0.167. The lowest BCUT2D eigenvalue weighted by Gasteiger charge is -2.15. The normalized spacial score (nSPS) is 15.1. The Morgan fingerprint density at radius 2 is 1.60 bits per heavy atom. The Morgan fingerprint density at radius 3 is 2.20 bits per heavy atom. The van der Waals surface area contributed by atoms with Crippen LogP contribution in [0.4, 0.5) is 5.95 Å². The molecule has 3 rings (SSSR count). The fourth-order valence-electron chi connectivity index (χ4n) is 2.30. The molecule has 0 aliphatic carbocycles. The summed E-state index contributed by atoms with van der Waals surface area (Å²) in [4.78, 5) is 14.9. The molecule has 0 spiro atoms. The van der Waals surface area contributed by atoms with Crippen molar-refractivity contribution in [3.05, 3.63) is 21.7 Å². The first-order valence-electron chi connectivity index (χ1n) is 6.45. The largest absolute Gasteiger partial charge is 0.341 e. The van der Waals surface area contributed by atoms with Crippen molar-refractivity contribution < 1.29 is 0 Å². The van der Waals surface area contributed by atoms with Crippen molar-refractivity contribution >= 4 is 29.2 Å². The van der Waals surface area contributed by atoms with E-state index >= 15 is 0 Å². The van der Waals surface area contributed by atoms with Crippen LogP contribution in [0.15, 0.2) is 0 Å². The van der Waals surface area contributed by atoms with E-state index in [1.54, 1.807) is 4.68 Å². The number of aryl methyl sites for hydroxylation is 1. The van der Waals surface area contributed by atoms with Crippen LogP contribution in [0.1, 0.15) is 24.2 Å². The Morgan fingerprint density at radius 1 is 0.950 bits per heavy atom. The van der Waals surface area contributed by atoms with E-state index in [9.17, 15) is 0 Å². The molecule has 2 aromatic rings. The Balaban J connectivity index is 2.07. The molecule has 2 aromatic heterocycles. The predicted molar refractivity (Wildman–Crippen MR) is 77.9 cm³/mol. The van der Waals surface area contributed by atoms with Crippen LogP contribution >= 0.6 is 23.2 Å². The Kier molecular flexibility index (Phi) is 3.52. The van der Waals surface area contributed by atoms with E-state index in [1.165, 1.54) is 0 Å². The quantitative estimate of drug-likeness (QED) is 0.853. The van der Waals surface area contributed by atoms with Crippen molar-refractivity contribution in [1.82, 2.24) is 24.7 Å². The summed E-state index contributed by atoms with van der Waals surface area (Å²) < 4.78 is 1.60. The molecule has 0 aromatic carbocycles. The van der Waals surface area contributed by atoms with Crippen LogP contribution in [-0.4, -0.2) is 37.8 Å². The van der Waals surface area contributed by atoms with Gasteiger partial charge in [0.1, 0.15) is 0 Å². The van der Waals surface area contributed by atoms with Gasteiger partial charge >= 0.3 is 0 Å². The molecule has 0 bridgehead atoms. The minimum absolute atomic E-state index is 0.167. The first-order chi connectivity index (χ1) is 9.56. The number of halogens is 2. The molecule has 1 aliphatic rings. The summed E-state index contributed by atoms with van der Waals surface area (Å²) in [7, 11) is 0. The molecule has 1 aliphatic heterocycles. The number of nitrogens with zero attached hydrogens (tertiary/aromatic N) is 6. The van der Waals surface area contributed by atoms with Crippen LogP contribution in [0.3, 0.4) is 0 Å². The highest BCUT2D eigenvalue weighted by molar-refractivity contribution is 6.31. The molecular weight excluding hydrogens is 299 g/mol. The van der Waals surface area contributed by atoms with Gasteiger partial charge in [-0.25, -0.2) is 4.68 Å². The maximum atomic E-state index is 6.16. The molecule has 3 heterocycles. The molecule has 0 amide bonds. The second-order valence-corrected chi connectivity index (χ2v) is 5.51. The minimum Gasteiger partial charge on any atom is -0.341 e. The van der Waals surface area contributed by atoms with Crippen LogP contribution < -0.4 is 4.90 Å². The van der Waals surface area contributed by atoms with Crippen molar-refractivity contribution in [2.75, 3.05) is 18.0 Å². The predicted octanol–water partition coefficient (Wildman–Crippen LogP) is 2.58. The van der Waals surface area contributed by atoms with E-state index in [4.69, 9.17) is 23.2 Å². The molecule has 0 N–H and O–H groups in total. The lowest BCUT2D eigenvalue weighted by atomic mass is 10.4. The van der Waals surface area contributed by atoms with Crippen molar-refractivity contribution in [1.29, 1.82) is 0 Å².